The average molecular weight is 150 g/mol. The SMILES string of the molecule is CC(C)[C@H]1CCn2ccnc21. The van der Waals surface area contributed by atoms with E-state index in [1.165, 1.54) is 12.2 Å². The molecule has 0 aliphatic carbocycles. The fourth-order valence-corrected chi connectivity index (χ4v) is 1.88. The molecule has 0 bridgehead atoms. The number of fused-ring (bicyclic) bond motifs is 1. The molecule has 1 aromatic heterocycles. The summed E-state index contributed by atoms with van der Waals surface area (Å²) in [6.07, 6.45) is 5.27. The second kappa shape index (κ2) is 2.36. The van der Waals surface area contributed by atoms with E-state index in [1.54, 1.807) is 0 Å². The molecule has 1 aliphatic rings. The molecule has 1 aromatic rings. The number of hydrogen-bond acceptors (Lipinski definition) is 1. The van der Waals surface area contributed by atoms with Crippen LogP contribution in [0.2, 0.25) is 0 Å². The Morgan fingerprint density at radius 2 is 2.45 bits per heavy atom. The van der Waals surface area contributed by atoms with Crippen LogP contribution in [0.5, 0.6) is 0 Å². The lowest BCUT2D eigenvalue weighted by Gasteiger charge is -2.11. The summed E-state index contributed by atoms with van der Waals surface area (Å²) in [5.41, 5.74) is 0. The van der Waals surface area contributed by atoms with Crippen molar-refractivity contribution in [2.45, 2.75) is 32.7 Å². The van der Waals surface area contributed by atoms with Gasteiger partial charge in [0.25, 0.3) is 0 Å². The smallest absolute Gasteiger partial charge is 0.112 e. The fraction of sp³-hybridized carbons (Fsp3) is 0.667. The molecule has 0 spiro atoms. The van der Waals surface area contributed by atoms with Crippen LogP contribution in [0.4, 0.5) is 0 Å². The van der Waals surface area contributed by atoms with Crippen LogP contribution >= 0.6 is 0 Å². The third kappa shape index (κ3) is 0.971. The summed E-state index contributed by atoms with van der Waals surface area (Å²) >= 11 is 0. The molecule has 0 aromatic carbocycles. The van der Waals surface area contributed by atoms with Gasteiger partial charge in [-0.3, -0.25) is 0 Å². The standard InChI is InChI=1S/C9H14N2/c1-7(2)8-3-5-11-6-4-10-9(8)11/h4,6-8H,3,5H2,1-2H3/t8-/m1/s1. The summed E-state index contributed by atoms with van der Waals surface area (Å²) in [6.45, 7) is 5.71. The molecule has 2 heterocycles. The Morgan fingerprint density at radius 1 is 1.64 bits per heavy atom. The second-order valence-electron chi connectivity index (χ2n) is 3.62. The van der Waals surface area contributed by atoms with E-state index >= 15 is 0 Å². The molecule has 0 saturated carbocycles. The molecule has 2 heteroatoms. The Hall–Kier alpha value is -0.790. The van der Waals surface area contributed by atoms with Crippen LogP contribution < -0.4 is 0 Å². The number of aromatic nitrogens is 2. The summed E-state index contributed by atoms with van der Waals surface area (Å²) in [5, 5.41) is 0. The third-order valence-electron chi connectivity index (χ3n) is 2.57. The Bertz CT molecular complexity index is 250. The lowest BCUT2D eigenvalue weighted by atomic mass is 9.94. The van der Waals surface area contributed by atoms with Crippen LogP contribution in [0.25, 0.3) is 0 Å². The van der Waals surface area contributed by atoms with Gasteiger partial charge < -0.3 is 4.57 Å². The van der Waals surface area contributed by atoms with Crippen molar-refractivity contribution in [1.82, 2.24) is 9.55 Å². The predicted molar refractivity (Wildman–Crippen MR) is 44.4 cm³/mol. The molecule has 1 aliphatic heterocycles. The molecule has 1 atom stereocenters. The molecule has 11 heavy (non-hydrogen) atoms. The zero-order valence-corrected chi connectivity index (χ0v) is 7.12. The average Bonchev–Trinajstić information content (AvgIpc) is 2.41. The van der Waals surface area contributed by atoms with Gasteiger partial charge in [0.1, 0.15) is 5.82 Å². The maximum atomic E-state index is 4.36. The van der Waals surface area contributed by atoms with Crippen molar-refractivity contribution in [2.24, 2.45) is 5.92 Å². The zero-order chi connectivity index (χ0) is 7.84. The van der Waals surface area contributed by atoms with E-state index in [9.17, 15) is 0 Å². The second-order valence-corrected chi connectivity index (χ2v) is 3.62. The van der Waals surface area contributed by atoms with E-state index in [4.69, 9.17) is 0 Å². The number of nitrogens with zero attached hydrogens (tertiary/aromatic N) is 2. The molecule has 0 N–H and O–H groups in total. The van der Waals surface area contributed by atoms with Gasteiger partial charge in [-0.1, -0.05) is 13.8 Å². The summed E-state index contributed by atoms with van der Waals surface area (Å²) < 4.78 is 2.27. The molecule has 60 valence electrons. The van der Waals surface area contributed by atoms with E-state index in [0.29, 0.717) is 5.92 Å². The van der Waals surface area contributed by atoms with E-state index in [1.807, 2.05) is 6.20 Å². The Labute approximate surface area is 67.3 Å². The van der Waals surface area contributed by atoms with Crippen LogP contribution in [-0.2, 0) is 6.54 Å². The molecule has 2 rings (SSSR count). The number of aryl methyl sites for hydroxylation is 1. The van der Waals surface area contributed by atoms with Gasteiger partial charge in [0.05, 0.1) is 0 Å². The van der Waals surface area contributed by atoms with Crippen LogP contribution in [0, 0.1) is 5.92 Å². The molecule has 0 unspecified atom stereocenters. The zero-order valence-electron chi connectivity index (χ0n) is 7.12. The monoisotopic (exact) mass is 150 g/mol. The van der Waals surface area contributed by atoms with Gasteiger partial charge >= 0.3 is 0 Å². The lowest BCUT2D eigenvalue weighted by Crippen LogP contribution is -2.03. The highest BCUT2D eigenvalue weighted by molar-refractivity contribution is 5.06. The van der Waals surface area contributed by atoms with Crippen molar-refractivity contribution in [3.8, 4) is 0 Å². The third-order valence-corrected chi connectivity index (χ3v) is 2.57. The van der Waals surface area contributed by atoms with Crippen LogP contribution in [-0.4, -0.2) is 9.55 Å². The first kappa shape index (κ1) is 6.89. The first-order valence-electron chi connectivity index (χ1n) is 4.30. The highest BCUT2D eigenvalue weighted by Crippen LogP contribution is 2.32. The topological polar surface area (TPSA) is 17.8 Å². The highest BCUT2D eigenvalue weighted by Gasteiger charge is 2.25. The Morgan fingerprint density at radius 3 is 3.18 bits per heavy atom. The Balaban J connectivity index is 2.31. The van der Waals surface area contributed by atoms with Crippen molar-refractivity contribution in [3.63, 3.8) is 0 Å². The van der Waals surface area contributed by atoms with Gasteiger partial charge in [-0.25, -0.2) is 4.98 Å². The van der Waals surface area contributed by atoms with Crippen LogP contribution in [0.3, 0.4) is 0 Å². The minimum Gasteiger partial charge on any atom is -0.335 e. The lowest BCUT2D eigenvalue weighted by molar-refractivity contribution is 0.487. The molecular weight excluding hydrogens is 136 g/mol. The van der Waals surface area contributed by atoms with Crippen molar-refractivity contribution in [1.29, 1.82) is 0 Å². The van der Waals surface area contributed by atoms with Gasteiger partial charge in [-0.15, -0.1) is 0 Å². The summed E-state index contributed by atoms with van der Waals surface area (Å²) in [4.78, 5) is 4.36. The van der Waals surface area contributed by atoms with E-state index in [-0.39, 0.29) is 0 Å². The van der Waals surface area contributed by atoms with Crippen LogP contribution in [0.1, 0.15) is 32.0 Å². The maximum absolute atomic E-state index is 4.36. The van der Waals surface area contributed by atoms with E-state index < -0.39 is 0 Å². The summed E-state index contributed by atoms with van der Waals surface area (Å²) in [5.74, 6) is 2.73. The van der Waals surface area contributed by atoms with Crippen molar-refractivity contribution in [3.05, 3.63) is 18.2 Å². The molecule has 0 saturated heterocycles. The van der Waals surface area contributed by atoms with Gasteiger partial charge in [0.2, 0.25) is 0 Å². The molecule has 0 radical (unpaired) electrons. The van der Waals surface area contributed by atoms with Gasteiger partial charge in [0, 0.05) is 24.9 Å². The summed E-state index contributed by atoms with van der Waals surface area (Å²) in [7, 11) is 0. The fourth-order valence-electron chi connectivity index (χ4n) is 1.88. The van der Waals surface area contributed by atoms with Crippen molar-refractivity contribution >= 4 is 0 Å². The minimum absolute atomic E-state index is 0.699. The highest BCUT2D eigenvalue weighted by atomic mass is 15.1. The summed E-state index contributed by atoms with van der Waals surface area (Å²) in [6, 6.07) is 0. The Kier molecular flexibility index (Phi) is 1.48. The first-order valence-corrected chi connectivity index (χ1v) is 4.30. The quantitative estimate of drug-likeness (QED) is 0.599. The van der Waals surface area contributed by atoms with Gasteiger partial charge in [-0.2, -0.15) is 0 Å². The molecular formula is C9H14N2. The molecule has 2 nitrogen and oxygen atoms in total. The van der Waals surface area contributed by atoms with Gasteiger partial charge in [-0.05, 0) is 12.3 Å². The molecule has 0 amide bonds. The largest absolute Gasteiger partial charge is 0.335 e. The normalized spacial score (nSPS) is 22.6. The van der Waals surface area contributed by atoms with Crippen molar-refractivity contribution in [2.75, 3.05) is 0 Å². The van der Waals surface area contributed by atoms with E-state index in [0.717, 1.165) is 12.5 Å². The minimum atomic E-state index is 0.699. The maximum Gasteiger partial charge on any atom is 0.112 e. The van der Waals surface area contributed by atoms with Gasteiger partial charge in [0.15, 0.2) is 0 Å². The molecule has 0 fully saturated rings. The first-order chi connectivity index (χ1) is 5.29. The van der Waals surface area contributed by atoms with Crippen molar-refractivity contribution < 1.29 is 0 Å². The number of rotatable bonds is 1. The number of hydrogen-bond donors (Lipinski definition) is 0. The van der Waals surface area contributed by atoms with E-state index in [2.05, 4.69) is 29.6 Å². The number of imidazole rings is 1. The van der Waals surface area contributed by atoms with Crippen LogP contribution in [0.15, 0.2) is 12.4 Å². The predicted octanol–water partition coefficient (Wildman–Crippen LogP) is 2.03.